The van der Waals surface area contributed by atoms with Crippen molar-refractivity contribution >= 4 is 11.3 Å². The van der Waals surface area contributed by atoms with Crippen molar-refractivity contribution in [2.75, 3.05) is 20.7 Å². The van der Waals surface area contributed by atoms with Gasteiger partial charge in [0.05, 0.1) is 17.8 Å². The lowest BCUT2D eigenvalue weighted by Gasteiger charge is -2.06. The number of ether oxygens (including phenoxy) is 1. The molecule has 0 bridgehead atoms. The summed E-state index contributed by atoms with van der Waals surface area (Å²) in [6, 6.07) is 8.01. The van der Waals surface area contributed by atoms with Gasteiger partial charge in [-0.05, 0) is 31.3 Å². The van der Waals surface area contributed by atoms with Crippen molar-refractivity contribution in [1.82, 2.24) is 10.3 Å². The molecule has 2 aromatic rings. The van der Waals surface area contributed by atoms with E-state index in [1.54, 1.807) is 18.4 Å². The Labute approximate surface area is 112 Å². The van der Waals surface area contributed by atoms with E-state index in [0.717, 1.165) is 23.6 Å². The third-order valence-corrected chi connectivity index (χ3v) is 3.92. The summed E-state index contributed by atoms with van der Waals surface area (Å²) in [4.78, 5) is 4.69. The van der Waals surface area contributed by atoms with Crippen LogP contribution < -0.4 is 10.1 Å². The molecule has 0 amide bonds. The molecular formula is C14H18N2OS. The SMILES string of the molecule is CNCC(C)c1nc(-c2ccc(OC)cc2)cs1. The largest absolute Gasteiger partial charge is 0.497 e. The smallest absolute Gasteiger partial charge is 0.118 e. The van der Waals surface area contributed by atoms with Gasteiger partial charge in [-0.1, -0.05) is 6.92 Å². The van der Waals surface area contributed by atoms with Crippen LogP contribution in [0.2, 0.25) is 0 Å². The lowest BCUT2D eigenvalue weighted by Crippen LogP contribution is -2.14. The molecule has 0 aliphatic heterocycles. The molecule has 0 radical (unpaired) electrons. The van der Waals surface area contributed by atoms with E-state index in [1.165, 1.54) is 5.01 Å². The van der Waals surface area contributed by atoms with Crippen molar-refractivity contribution < 1.29 is 4.74 Å². The maximum absolute atomic E-state index is 5.15. The molecule has 1 aromatic heterocycles. The van der Waals surface area contributed by atoms with Crippen LogP contribution in [0.25, 0.3) is 11.3 Å². The summed E-state index contributed by atoms with van der Waals surface area (Å²) in [5, 5.41) is 6.47. The zero-order valence-corrected chi connectivity index (χ0v) is 11.8. The van der Waals surface area contributed by atoms with Gasteiger partial charge in [0.1, 0.15) is 5.75 Å². The summed E-state index contributed by atoms with van der Waals surface area (Å²) in [7, 11) is 3.64. The Hall–Kier alpha value is -1.39. The minimum absolute atomic E-state index is 0.451. The maximum Gasteiger partial charge on any atom is 0.118 e. The molecule has 1 N–H and O–H groups in total. The maximum atomic E-state index is 5.15. The van der Waals surface area contributed by atoms with Crippen LogP contribution in [0, 0.1) is 0 Å². The summed E-state index contributed by atoms with van der Waals surface area (Å²) in [5.74, 6) is 1.32. The number of hydrogen-bond donors (Lipinski definition) is 1. The van der Waals surface area contributed by atoms with Gasteiger partial charge in [0.2, 0.25) is 0 Å². The summed E-state index contributed by atoms with van der Waals surface area (Å²) in [5.41, 5.74) is 2.18. The van der Waals surface area contributed by atoms with Crippen LogP contribution in [0.1, 0.15) is 17.8 Å². The van der Waals surface area contributed by atoms with Gasteiger partial charge >= 0.3 is 0 Å². The molecule has 3 nitrogen and oxygen atoms in total. The molecule has 0 saturated carbocycles. The Morgan fingerprint density at radius 3 is 2.67 bits per heavy atom. The van der Waals surface area contributed by atoms with Gasteiger partial charge in [-0.15, -0.1) is 11.3 Å². The molecular weight excluding hydrogens is 244 g/mol. The topological polar surface area (TPSA) is 34.2 Å². The molecule has 4 heteroatoms. The number of thiazole rings is 1. The van der Waals surface area contributed by atoms with Crippen molar-refractivity contribution in [3.8, 4) is 17.0 Å². The van der Waals surface area contributed by atoms with Gasteiger partial charge in [0.25, 0.3) is 0 Å². The predicted molar refractivity (Wildman–Crippen MR) is 76.4 cm³/mol. The summed E-state index contributed by atoms with van der Waals surface area (Å²) < 4.78 is 5.15. The van der Waals surface area contributed by atoms with E-state index in [4.69, 9.17) is 9.72 Å². The fourth-order valence-corrected chi connectivity index (χ4v) is 2.69. The standard InChI is InChI=1S/C14H18N2OS/c1-10(8-15-2)14-16-13(9-18-14)11-4-6-12(17-3)7-5-11/h4-7,9-10,15H,8H2,1-3H3. The average Bonchev–Trinajstić information content (AvgIpc) is 2.89. The molecule has 2 rings (SSSR count). The third-order valence-electron chi connectivity index (χ3n) is 2.84. The molecule has 18 heavy (non-hydrogen) atoms. The van der Waals surface area contributed by atoms with E-state index in [0.29, 0.717) is 5.92 Å². The number of methoxy groups -OCH3 is 1. The van der Waals surface area contributed by atoms with Crippen molar-refractivity contribution in [3.63, 3.8) is 0 Å². The van der Waals surface area contributed by atoms with Gasteiger partial charge in [-0.25, -0.2) is 4.98 Å². The van der Waals surface area contributed by atoms with E-state index >= 15 is 0 Å². The van der Waals surface area contributed by atoms with Crippen molar-refractivity contribution in [1.29, 1.82) is 0 Å². The van der Waals surface area contributed by atoms with Crippen LogP contribution in [0.4, 0.5) is 0 Å². The first-order chi connectivity index (χ1) is 8.74. The fraction of sp³-hybridized carbons (Fsp3) is 0.357. The molecule has 1 atom stereocenters. The van der Waals surface area contributed by atoms with E-state index < -0.39 is 0 Å². The quantitative estimate of drug-likeness (QED) is 0.899. The number of aromatic nitrogens is 1. The summed E-state index contributed by atoms with van der Waals surface area (Å²) in [6.07, 6.45) is 0. The highest BCUT2D eigenvalue weighted by Crippen LogP contribution is 2.27. The first kappa shape index (κ1) is 13.1. The minimum Gasteiger partial charge on any atom is -0.497 e. The monoisotopic (exact) mass is 262 g/mol. The second-order valence-corrected chi connectivity index (χ2v) is 5.15. The van der Waals surface area contributed by atoms with Crippen molar-refractivity contribution in [2.45, 2.75) is 12.8 Å². The first-order valence-corrected chi connectivity index (χ1v) is 6.87. The van der Waals surface area contributed by atoms with E-state index in [2.05, 4.69) is 17.6 Å². The number of rotatable bonds is 5. The van der Waals surface area contributed by atoms with E-state index in [-0.39, 0.29) is 0 Å². The van der Waals surface area contributed by atoms with Gasteiger partial charge in [-0.3, -0.25) is 0 Å². The van der Waals surface area contributed by atoms with Gasteiger partial charge in [0, 0.05) is 23.4 Å². The van der Waals surface area contributed by atoms with Crippen LogP contribution in [0.3, 0.4) is 0 Å². The van der Waals surface area contributed by atoms with Crippen molar-refractivity contribution in [2.24, 2.45) is 0 Å². The number of likely N-dealkylation sites (N-methyl/N-ethyl adjacent to an activating group) is 1. The van der Waals surface area contributed by atoms with Crippen molar-refractivity contribution in [3.05, 3.63) is 34.7 Å². The van der Waals surface area contributed by atoms with Crippen LogP contribution in [-0.2, 0) is 0 Å². The molecule has 0 spiro atoms. The molecule has 1 aromatic carbocycles. The van der Waals surface area contributed by atoms with E-state index in [1.807, 2.05) is 31.3 Å². The predicted octanol–water partition coefficient (Wildman–Crippen LogP) is 3.14. The van der Waals surface area contributed by atoms with Gasteiger partial charge in [-0.2, -0.15) is 0 Å². The second-order valence-electron chi connectivity index (χ2n) is 4.26. The molecule has 0 saturated heterocycles. The fourth-order valence-electron chi connectivity index (χ4n) is 1.80. The number of hydrogen-bond acceptors (Lipinski definition) is 4. The molecule has 96 valence electrons. The zero-order chi connectivity index (χ0) is 13.0. The zero-order valence-electron chi connectivity index (χ0n) is 10.9. The van der Waals surface area contributed by atoms with Crippen LogP contribution >= 0.6 is 11.3 Å². The molecule has 0 aliphatic rings. The lowest BCUT2D eigenvalue weighted by atomic mass is 10.1. The van der Waals surface area contributed by atoms with Crippen LogP contribution in [0.5, 0.6) is 5.75 Å². The molecule has 0 fully saturated rings. The Kier molecular flexibility index (Phi) is 4.33. The van der Waals surface area contributed by atoms with Gasteiger partial charge < -0.3 is 10.1 Å². The number of nitrogens with zero attached hydrogens (tertiary/aromatic N) is 1. The number of nitrogens with one attached hydrogen (secondary N) is 1. The summed E-state index contributed by atoms with van der Waals surface area (Å²) in [6.45, 7) is 3.14. The minimum atomic E-state index is 0.451. The second kappa shape index (κ2) is 5.98. The molecule has 1 unspecified atom stereocenters. The summed E-state index contributed by atoms with van der Waals surface area (Å²) >= 11 is 1.72. The highest BCUT2D eigenvalue weighted by atomic mass is 32.1. The normalized spacial score (nSPS) is 12.4. The highest BCUT2D eigenvalue weighted by molar-refractivity contribution is 7.10. The Balaban J connectivity index is 2.18. The van der Waals surface area contributed by atoms with Gasteiger partial charge in [0.15, 0.2) is 0 Å². The molecule has 0 aliphatic carbocycles. The van der Waals surface area contributed by atoms with Crippen LogP contribution in [0.15, 0.2) is 29.6 Å². The Bertz CT molecular complexity index is 493. The van der Waals surface area contributed by atoms with E-state index in [9.17, 15) is 0 Å². The lowest BCUT2D eigenvalue weighted by molar-refractivity contribution is 0.415. The number of benzene rings is 1. The Morgan fingerprint density at radius 2 is 2.06 bits per heavy atom. The van der Waals surface area contributed by atoms with Crippen LogP contribution in [-0.4, -0.2) is 25.7 Å². The first-order valence-electron chi connectivity index (χ1n) is 5.99. The molecule has 1 heterocycles. The third kappa shape index (κ3) is 2.89. The average molecular weight is 262 g/mol. The highest BCUT2D eigenvalue weighted by Gasteiger charge is 2.10. The Morgan fingerprint density at radius 1 is 1.33 bits per heavy atom.